The van der Waals surface area contributed by atoms with Gasteiger partial charge >= 0.3 is 5.97 Å². The minimum absolute atomic E-state index is 0.240. The minimum atomic E-state index is -0.357. The predicted molar refractivity (Wildman–Crippen MR) is 128 cm³/mol. The van der Waals surface area contributed by atoms with Crippen LogP contribution in [0.25, 0.3) is 0 Å². The van der Waals surface area contributed by atoms with E-state index in [9.17, 15) is 9.59 Å². The van der Waals surface area contributed by atoms with Crippen LogP contribution in [-0.2, 0) is 11.3 Å². The molecule has 0 radical (unpaired) electrons. The Hall–Kier alpha value is -4.20. The molecule has 3 aromatic rings. The smallest absolute Gasteiger partial charge is 0.338 e. The second-order valence-corrected chi connectivity index (χ2v) is 7.82. The fourth-order valence-corrected chi connectivity index (χ4v) is 2.89. The summed E-state index contributed by atoms with van der Waals surface area (Å²) >= 11 is 0. The molecule has 8 nitrogen and oxygen atoms in total. The highest BCUT2D eigenvalue weighted by molar-refractivity contribution is 5.94. The molecule has 34 heavy (non-hydrogen) atoms. The zero-order chi connectivity index (χ0) is 24.3. The zero-order valence-corrected chi connectivity index (χ0v) is 19.4. The topological polar surface area (TPSA) is 99.1 Å². The number of nitrogens with one attached hydrogen (secondary N) is 1. The number of pyridine rings is 1. The third-order valence-electron chi connectivity index (χ3n) is 4.64. The van der Waals surface area contributed by atoms with Crippen LogP contribution in [0.2, 0.25) is 0 Å². The summed E-state index contributed by atoms with van der Waals surface area (Å²) in [5.41, 5.74) is 4.92. The van der Waals surface area contributed by atoms with Crippen molar-refractivity contribution in [2.75, 3.05) is 13.7 Å². The van der Waals surface area contributed by atoms with Crippen molar-refractivity contribution >= 4 is 18.1 Å². The number of nitrogens with zero attached hydrogens (tertiary/aromatic N) is 2. The van der Waals surface area contributed by atoms with Crippen molar-refractivity contribution in [3.63, 3.8) is 0 Å². The molecule has 2 aromatic carbocycles. The monoisotopic (exact) mass is 461 g/mol. The zero-order valence-electron chi connectivity index (χ0n) is 19.4. The fraction of sp³-hybridized carbons (Fsp3) is 0.231. The van der Waals surface area contributed by atoms with Crippen LogP contribution < -0.4 is 14.9 Å². The first-order valence-corrected chi connectivity index (χ1v) is 10.8. The molecule has 1 aromatic heterocycles. The largest absolute Gasteiger partial charge is 0.496 e. The Labute approximate surface area is 198 Å². The predicted octanol–water partition coefficient (Wildman–Crippen LogP) is 4.25. The van der Waals surface area contributed by atoms with E-state index >= 15 is 0 Å². The van der Waals surface area contributed by atoms with Crippen LogP contribution in [-0.4, -0.2) is 36.8 Å². The van der Waals surface area contributed by atoms with Gasteiger partial charge in [-0.05, 0) is 66.1 Å². The molecule has 0 atom stereocenters. The van der Waals surface area contributed by atoms with Crippen LogP contribution in [0.4, 0.5) is 0 Å². The lowest BCUT2D eigenvalue weighted by Gasteiger charge is -2.12. The van der Waals surface area contributed by atoms with Crippen LogP contribution in [0.1, 0.15) is 45.7 Å². The number of benzene rings is 2. The molecule has 1 N–H and O–H groups in total. The highest BCUT2D eigenvalue weighted by atomic mass is 16.5. The molecule has 0 fully saturated rings. The Balaban J connectivity index is 1.60. The Bertz CT molecular complexity index is 1130. The van der Waals surface area contributed by atoms with Crippen molar-refractivity contribution < 1.29 is 23.8 Å². The van der Waals surface area contributed by atoms with Gasteiger partial charge in [-0.3, -0.25) is 9.78 Å². The van der Waals surface area contributed by atoms with Crippen LogP contribution in [0, 0.1) is 5.92 Å². The van der Waals surface area contributed by atoms with Crippen molar-refractivity contribution in [2.45, 2.75) is 20.5 Å². The molecule has 8 heteroatoms. The van der Waals surface area contributed by atoms with Gasteiger partial charge in [-0.1, -0.05) is 13.8 Å². The molecule has 1 amide bonds. The molecule has 1 heterocycles. The Morgan fingerprint density at radius 3 is 2.56 bits per heavy atom. The standard InChI is InChI=1S/C26H27N3O5/c1-18(2)16-34-26(31)20-7-9-23(10-8-20)33-17-22-13-19(6-11-24(22)32-3)14-28-29-25(30)21-5-4-12-27-15-21/h4-15,18H,16-17H2,1-3H3,(H,29,30)/b28-14+. The number of aromatic nitrogens is 1. The van der Waals surface area contributed by atoms with Gasteiger partial charge in [-0.2, -0.15) is 5.10 Å². The summed E-state index contributed by atoms with van der Waals surface area (Å²) < 4.78 is 16.5. The first-order valence-electron chi connectivity index (χ1n) is 10.8. The van der Waals surface area contributed by atoms with Crippen LogP contribution in [0.5, 0.6) is 11.5 Å². The normalized spacial score (nSPS) is 10.8. The maximum Gasteiger partial charge on any atom is 0.338 e. The number of carbonyl (C=O) groups is 2. The van der Waals surface area contributed by atoms with E-state index in [4.69, 9.17) is 14.2 Å². The highest BCUT2D eigenvalue weighted by Gasteiger charge is 2.10. The number of ether oxygens (including phenoxy) is 3. The molecule has 0 aliphatic rings. The summed E-state index contributed by atoms with van der Waals surface area (Å²) in [6.45, 7) is 4.59. The second-order valence-electron chi connectivity index (χ2n) is 7.82. The molecule has 0 aliphatic heterocycles. The maximum absolute atomic E-state index is 12.1. The average Bonchev–Trinajstić information content (AvgIpc) is 2.86. The molecule has 176 valence electrons. The molecular formula is C26H27N3O5. The van der Waals surface area contributed by atoms with Gasteiger partial charge in [0.1, 0.15) is 18.1 Å². The summed E-state index contributed by atoms with van der Waals surface area (Å²) in [4.78, 5) is 28.0. The number of hydrogen-bond acceptors (Lipinski definition) is 7. The van der Waals surface area contributed by atoms with Gasteiger partial charge < -0.3 is 14.2 Å². The van der Waals surface area contributed by atoms with Crippen LogP contribution in [0.3, 0.4) is 0 Å². The van der Waals surface area contributed by atoms with E-state index in [2.05, 4.69) is 15.5 Å². The van der Waals surface area contributed by atoms with Gasteiger partial charge in [0.15, 0.2) is 0 Å². The maximum atomic E-state index is 12.1. The van der Waals surface area contributed by atoms with E-state index in [0.29, 0.717) is 29.2 Å². The van der Waals surface area contributed by atoms with Gasteiger partial charge in [0.05, 0.1) is 31.1 Å². The van der Waals surface area contributed by atoms with Crippen LogP contribution >= 0.6 is 0 Å². The van der Waals surface area contributed by atoms with E-state index in [0.717, 1.165) is 11.1 Å². The van der Waals surface area contributed by atoms with Crippen LogP contribution in [0.15, 0.2) is 72.1 Å². The van der Waals surface area contributed by atoms with E-state index in [-0.39, 0.29) is 24.4 Å². The summed E-state index contributed by atoms with van der Waals surface area (Å²) in [7, 11) is 1.58. The summed E-state index contributed by atoms with van der Waals surface area (Å²) in [5, 5.41) is 4.01. The summed E-state index contributed by atoms with van der Waals surface area (Å²) in [5.74, 6) is 0.831. The Kier molecular flexibility index (Phi) is 8.73. The molecular weight excluding hydrogens is 434 g/mol. The molecule has 3 rings (SSSR count). The number of amides is 1. The van der Waals surface area contributed by atoms with E-state index in [1.54, 1.807) is 55.8 Å². The number of esters is 1. The first-order chi connectivity index (χ1) is 16.5. The minimum Gasteiger partial charge on any atom is -0.496 e. The lowest BCUT2D eigenvalue weighted by Crippen LogP contribution is -2.17. The number of rotatable bonds is 10. The van der Waals surface area contributed by atoms with E-state index < -0.39 is 0 Å². The van der Waals surface area contributed by atoms with Crippen molar-refractivity contribution in [2.24, 2.45) is 11.0 Å². The Morgan fingerprint density at radius 2 is 1.88 bits per heavy atom. The number of hydrazone groups is 1. The van der Waals surface area contributed by atoms with Crippen molar-refractivity contribution in [3.05, 3.63) is 89.2 Å². The average molecular weight is 462 g/mol. The number of methoxy groups -OCH3 is 1. The summed E-state index contributed by atoms with van der Waals surface area (Å²) in [6, 6.07) is 15.6. The lowest BCUT2D eigenvalue weighted by molar-refractivity contribution is 0.0459. The van der Waals surface area contributed by atoms with Gasteiger partial charge in [0, 0.05) is 18.0 Å². The summed E-state index contributed by atoms with van der Waals surface area (Å²) in [6.07, 6.45) is 4.60. The third kappa shape index (κ3) is 7.16. The molecule has 0 aliphatic carbocycles. The second kappa shape index (κ2) is 12.2. The highest BCUT2D eigenvalue weighted by Crippen LogP contribution is 2.22. The van der Waals surface area contributed by atoms with Gasteiger partial charge in [-0.15, -0.1) is 0 Å². The number of hydrogen-bond donors (Lipinski definition) is 1. The molecule has 0 bridgehead atoms. The van der Waals surface area contributed by atoms with Gasteiger partial charge in [0.2, 0.25) is 0 Å². The molecule has 0 saturated heterocycles. The van der Waals surface area contributed by atoms with Crippen molar-refractivity contribution in [1.82, 2.24) is 10.4 Å². The van der Waals surface area contributed by atoms with E-state index in [1.165, 1.54) is 12.4 Å². The quantitative estimate of drug-likeness (QED) is 0.275. The van der Waals surface area contributed by atoms with E-state index in [1.807, 2.05) is 26.0 Å². The Morgan fingerprint density at radius 1 is 1.09 bits per heavy atom. The number of carbonyl (C=O) groups excluding carboxylic acids is 2. The van der Waals surface area contributed by atoms with Crippen molar-refractivity contribution in [1.29, 1.82) is 0 Å². The molecule has 0 spiro atoms. The van der Waals surface area contributed by atoms with Gasteiger partial charge in [0.25, 0.3) is 5.91 Å². The SMILES string of the molecule is COc1ccc(/C=N/NC(=O)c2cccnc2)cc1COc1ccc(C(=O)OCC(C)C)cc1. The van der Waals surface area contributed by atoms with Gasteiger partial charge in [-0.25, -0.2) is 10.2 Å². The molecule has 0 unspecified atom stereocenters. The molecule has 0 saturated carbocycles. The van der Waals surface area contributed by atoms with Crippen molar-refractivity contribution in [3.8, 4) is 11.5 Å². The lowest BCUT2D eigenvalue weighted by atomic mass is 10.1. The first kappa shape index (κ1) is 24.4. The third-order valence-corrected chi connectivity index (χ3v) is 4.64. The fourth-order valence-electron chi connectivity index (χ4n) is 2.89.